The third-order valence-corrected chi connectivity index (χ3v) is 1.65. The molecular weight excluding hydrogens is 245 g/mol. The molecule has 0 heterocycles. The van der Waals surface area contributed by atoms with Crippen LogP contribution >= 0.6 is 15.9 Å². The summed E-state index contributed by atoms with van der Waals surface area (Å²) in [4.78, 5) is 0. The summed E-state index contributed by atoms with van der Waals surface area (Å²) in [5.74, 6) is 0. The summed E-state index contributed by atoms with van der Waals surface area (Å²) in [6.07, 6.45) is -4.25. The second kappa shape index (κ2) is 4.48. The van der Waals surface area contributed by atoms with E-state index < -0.39 is 11.7 Å². The monoisotopic (exact) mass is 250 g/mol. The first-order chi connectivity index (χ1) is 5.00. The van der Waals surface area contributed by atoms with E-state index in [-0.39, 0.29) is 23.1 Å². The number of benzene rings is 1. The van der Waals surface area contributed by atoms with E-state index in [1.807, 2.05) is 0 Å². The average molecular weight is 251 g/mol. The summed E-state index contributed by atoms with van der Waals surface area (Å²) in [6, 6.07) is 4.98. The molecule has 1 aromatic carbocycles. The normalized spacial score (nSPS) is 10.7. The van der Waals surface area contributed by atoms with Crippen molar-refractivity contribution in [1.82, 2.24) is 0 Å². The maximum atomic E-state index is 11.9. The number of hydrogen-bond donors (Lipinski definition) is 0. The van der Waals surface area contributed by atoms with Gasteiger partial charge in [-0.25, -0.2) is 0 Å². The first kappa shape index (κ1) is 12.3. The van der Waals surface area contributed by atoms with Crippen molar-refractivity contribution in [2.45, 2.75) is 6.18 Å². The van der Waals surface area contributed by atoms with Gasteiger partial charge in [0.1, 0.15) is 0 Å². The van der Waals surface area contributed by atoms with Crippen LogP contribution in [0.25, 0.3) is 0 Å². The smallest absolute Gasteiger partial charge is 0.166 e. The quantitative estimate of drug-likeness (QED) is 0.622. The number of alkyl halides is 3. The third-order valence-electron chi connectivity index (χ3n) is 1.15. The molecule has 64 valence electrons. The van der Waals surface area contributed by atoms with Gasteiger partial charge in [0.15, 0.2) is 0 Å². The Morgan fingerprint density at radius 2 is 1.75 bits per heavy atom. The summed E-state index contributed by atoms with van der Waals surface area (Å²) in [5.41, 5.74) is -0.633. The second-order valence-electron chi connectivity index (χ2n) is 2.01. The van der Waals surface area contributed by atoms with Crippen LogP contribution in [-0.4, -0.2) is 23.1 Å². The molecular formula is C7H6BrF3Mg. The minimum atomic E-state index is -4.25. The lowest BCUT2D eigenvalue weighted by atomic mass is 10.2. The summed E-state index contributed by atoms with van der Waals surface area (Å²) in [5, 5.41) is 0. The molecule has 0 aromatic heterocycles. The molecule has 0 saturated carbocycles. The van der Waals surface area contributed by atoms with Gasteiger partial charge < -0.3 is 0 Å². The van der Waals surface area contributed by atoms with Gasteiger partial charge in [0, 0.05) is 4.47 Å². The molecule has 0 aliphatic rings. The van der Waals surface area contributed by atoms with E-state index in [2.05, 4.69) is 15.9 Å². The molecule has 0 saturated heterocycles. The Morgan fingerprint density at radius 1 is 1.17 bits per heavy atom. The van der Waals surface area contributed by atoms with E-state index >= 15 is 0 Å². The highest BCUT2D eigenvalue weighted by atomic mass is 79.9. The fourth-order valence-electron chi connectivity index (χ4n) is 0.665. The van der Waals surface area contributed by atoms with Crippen molar-refractivity contribution in [2.75, 3.05) is 0 Å². The largest absolute Gasteiger partial charge is 0.416 e. The Kier molecular flexibility index (Phi) is 4.58. The Morgan fingerprint density at radius 3 is 2.08 bits per heavy atom. The maximum absolute atomic E-state index is 11.9. The van der Waals surface area contributed by atoms with Gasteiger partial charge in [-0.3, -0.25) is 0 Å². The first-order valence-corrected chi connectivity index (χ1v) is 3.62. The molecule has 12 heavy (non-hydrogen) atoms. The molecule has 0 unspecified atom stereocenters. The summed E-state index contributed by atoms with van der Waals surface area (Å²) in [6.45, 7) is 0. The zero-order valence-electron chi connectivity index (χ0n) is 5.32. The predicted molar refractivity (Wildman–Crippen MR) is 47.7 cm³/mol. The number of hydrogen-bond acceptors (Lipinski definition) is 0. The molecule has 0 fully saturated rings. The average Bonchev–Trinajstić information content (AvgIpc) is 1.86. The van der Waals surface area contributed by atoms with E-state index in [9.17, 15) is 13.2 Å². The Bertz CT molecular complexity index is 259. The molecule has 1 rings (SSSR count). The van der Waals surface area contributed by atoms with Crippen molar-refractivity contribution in [3.05, 3.63) is 34.3 Å². The van der Waals surface area contributed by atoms with Crippen LogP contribution in [0.5, 0.6) is 0 Å². The van der Waals surface area contributed by atoms with E-state index in [4.69, 9.17) is 0 Å². The van der Waals surface area contributed by atoms with Crippen LogP contribution in [0.15, 0.2) is 28.7 Å². The predicted octanol–water partition coefficient (Wildman–Crippen LogP) is 2.55. The lowest BCUT2D eigenvalue weighted by molar-refractivity contribution is -0.137. The molecule has 0 aliphatic heterocycles. The number of rotatable bonds is 0. The molecule has 0 N–H and O–H groups in total. The zero-order valence-corrected chi connectivity index (χ0v) is 6.91. The van der Waals surface area contributed by atoms with Crippen LogP contribution in [0.2, 0.25) is 0 Å². The van der Waals surface area contributed by atoms with Gasteiger partial charge in [-0.05, 0) is 18.2 Å². The summed E-state index contributed by atoms with van der Waals surface area (Å²) in [7, 11) is 0. The SMILES string of the molecule is FC(F)(F)c1cccc(Br)c1.[MgH2]. The minimum Gasteiger partial charge on any atom is -0.166 e. The molecule has 0 nitrogen and oxygen atoms in total. The van der Waals surface area contributed by atoms with Gasteiger partial charge in [-0.2, -0.15) is 13.2 Å². The molecule has 0 radical (unpaired) electrons. The van der Waals surface area contributed by atoms with Crippen LogP contribution in [0.4, 0.5) is 13.2 Å². The van der Waals surface area contributed by atoms with Crippen LogP contribution < -0.4 is 0 Å². The van der Waals surface area contributed by atoms with Crippen LogP contribution in [-0.2, 0) is 6.18 Å². The molecule has 0 bridgehead atoms. The Labute approximate surface area is 92.4 Å². The van der Waals surface area contributed by atoms with Crippen molar-refractivity contribution in [1.29, 1.82) is 0 Å². The van der Waals surface area contributed by atoms with E-state index in [1.165, 1.54) is 6.07 Å². The van der Waals surface area contributed by atoms with Crippen molar-refractivity contribution < 1.29 is 13.2 Å². The highest BCUT2D eigenvalue weighted by molar-refractivity contribution is 9.10. The van der Waals surface area contributed by atoms with Crippen molar-refractivity contribution >= 4 is 39.0 Å². The number of halogens is 4. The zero-order chi connectivity index (χ0) is 8.48. The summed E-state index contributed by atoms with van der Waals surface area (Å²) < 4.78 is 36.3. The highest BCUT2D eigenvalue weighted by Gasteiger charge is 2.30. The van der Waals surface area contributed by atoms with Gasteiger partial charge in [-0.1, -0.05) is 22.0 Å². The van der Waals surface area contributed by atoms with Gasteiger partial charge in [0.25, 0.3) is 0 Å². The summed E-state index contributed by atoms with van der Waals surface area (Å²) >= 11 is 2.95. The third kappa shape index (κ3) is 3.33. The van der Waals surface area contributed by atoms with E-state index in [1.54, 1.807) is 6.07 Å². The molecule has 0 aliphatic carbocycles. The van der Waals surface area contributed by atoms with Gasteiger partial charge >= 0.3 is 29.2 Å². The van der Waals surface area contributed by atoms with Crippen LogP contribution in [0.1, 0.15) is 5.56 Å². The standard InChI is InChI=1S/C7H4BrF3.Mg.2H/c8-6-3-1-2-5(4-6)7(9,10)11;;;/h1-4H;;;. The molecule has 0 amide bonds. The van der Waals surface area contributed by atoms with Crippen molar-refractivity contribution in [3.63, 3.8) is 0 Å². The first-order valence-electron chi connectivity index (χ1n) is 2.83. The van der Waals surface area contributed by atoms with E-state index in [0.717, 1.165) is 12.1 Å². The molecule has 5 heteroatoms. The van der Waals surface area contributed by atoms with E-state index in [0.29, 0.717) is 4.47 Å². The maximum Gasteiger partial charge on any atom is 0.416 e. The van der Waals surface area contributed by atoms with Gasteiger partial charge in [0.2, 0.25) is 0 Å². The fourth-order valence-corrected chi connectivity index (χ4v) is 1.06. The van der Waals surface area contributed by atoms with Crippen molar-refractivity contribution in [2.24, 2.45) is 0 Å². The van der Waals surface area contributed by atoms with Gasteiger partial charge in [-0.15, -0.1) is 0 Å². The fraction of sp³-hybridized carbons (Fsp3) is 0.143. The molecule has 0 atom stereocenters. The topological polar surface area (TPSA) is 0 Å². The minimum absolute atomic E-state index is 0. The highest BCUT2D eigenvalue weighted by Crippen LogP contribution is 2.30. The molecule has 0 spiro atoms. The Hall–Kier alpha value is 0.256. The second-order valence-corrected chi connectivity index (χ2v) is 2.92. The lowest BCUT2D eigenvalue weighted by Crippen LogP contribution is -2.03. The van der Waals surface area contributed by atoms with Crippen molar-refractivity contribution in [3.8, 4) is 0 Å². The Balaban J connectivity index is 0.00000121. The lowest BCUT2D eigenvalue weighted by Gasteiger charge is -2.05. The van der Waals surface area contributed by atoms with Crippen LogP contribution in [0.3, 0.4) is 0 Å². The van der Waals surface area contributed by atoms with Crippen LogP contribution in [0, 0.1) is 0 Å². The van der Waals surface area contributed by atoms with Gasteiger partial charge in [0.05, 0.1) is 5.56 Å². The molecule has 1 aromatic rings.